The van der Waals surface area contributed by atoms with Gasteiger partial charge >= 0.3 is 5.97 Å². The quantitative estimate of drug-likeness (QED) is 0.679. The first-order valence-corrected chi connectivity index (χ1v) is 8.41. The van der Waals surface area contributed by atoms with Crippen molar-refractivity contribution in [3.05, 3.63) is 35.4 Å². The summed E-state index contributed by atoms with van der Waals surface area (Å²) in [4.78, 5) is 37.4. The molecule has 25 heavy (non-hydrogen) atoms. The lowest BCUT2D eigenvalue weighted by atomic mass is 10.1. The van der Waals surface area contributed by atoms with E-state index in [9.17, 15) is 14.4 Å². The maximum absolute atomic E-state index is 12.2. The van der Waals surface area contributed by atoms with Gasteiger partial charge in [-0.05, 0) is 24.5 Å². The van der Waals surface area contributed by atoms with E-state index in [0.29, 0.717) is 19.6 Å². The van der Waals surface area contributed by atoms with Gasteiger partial charge in [-0.3, -0.25) is 19.3 Å². The van der Waals surface area contributed by atoms with Crippen LogP contribution in [0.25, 0.3) is 0 Å². The Morgan fingerprint density at radius 3 is 2.84 bits per heavy atom. The smallest absolute Gasteiger partial charge is 0.307 e. The Bertz CT molecular complexity index is 633. The summed E-state index contributed by atoms with van der Waals surface area (Å²) < 4.78 is 4.63. The average molecular weight is 347 g/mol. The van der Waals surface area contributed by atoms with Gasteiger partial charge in [0, 0.05) is 19.6 Å². The molecule has 1 saturated heterocycles. The number of nitrogens with zero attached hydrogens (tertiary/aromatic N) is 1. The van der Waals surface area contributed by atoms with Crippen LogP contribution in [0.3, 0.4) is 0 Å². The van der Waals surface area contributed by atoms with Gasteiger partial charge in [-0.15, -0.1) is 0 Å². The van der Waals surface area contributed by atoms with E-state index in [4.69, 9.17) is 0 Å². The van der Waals surface area contributed by atoms with Crippen LogP contribution in [0, 0.1) is 6.92 Å². The van der Waals surface area contributed by atoms with Crippen molar-refractivity contribution in [2.75, 3.05) is 33.3 Å². The molecular formula is C18H25N3O4. The van der Waals surface area contributed by atoms with Crippen LogP contribution in [-0.4, -0.2) is 62.0 Å². The lowest BCUT2D eigenvalue weighted by Gasteiger charge is -2.33. The topological polar surface area (TPSA) is 87.7 Å². The number of amides is 2. The second kappa shape index (κ2) is 9.17. The lowest BCUT2D eigenvalue weighted by molar-refractivity contribution is -0.146. The molecule has 1 aromatic rings. The first kappa shape index (κ1) is 18.9. The Labute approximate surface area is 147 Å². The maximum atomic E-state index is 12.2. The van der Waals surface area contributed by atoms with Gasteiger partial charge in [0.15, 0.2) is 0 Å². The monoisotopic (exact) mass is 347 g/mol. The largest absolute Gasteiger partial charge is 0.469 e. The number of hydrogen-bond acceptors (Lipinski definition) is 5. The molecule has 2 N–H and O–H groups in total. The number of aryl methyl sites for hydroxylation is 1. The molecular weight excluding hydrogens is 322 g/mol. The van der Waals surface area contributed by atoms with E-state index in [1.807, 2.05) is 31.2 Å². The lowest BCUT2D eigenvalue weighted by Crippen LogP contribution is -2.58. The number of carbonyl (C=O) groups excluding carboxylic acids is 3. The molecule has 7 nitrogen and oxygen atoms in total. The summed E-state index contributed by atoms with van der Waals surface area (Å²) >= 11 is 0. The summed E-state index contributed by atoms with van der Waals surface area (Å²) in [7, 11) is 1.28. The molecule has 1 aromatic carbocycles. The molecule has 0 aromatic heterocycles. The number of carbonyl (C=O) groups is 3. The maximum Gasteiger partial charge on any atom is 0.307 e. The first-order valence-electron chi connectivity index (χ1n) is 8.41. The van der Waals surface area contributed by atoms with Crippen LogP contribution in [0.2, 0.25) is 0 Å². The molecule has 7 heteroatoms. The van der Waals surface area contributed by atoms with Crippen molar-refractivity contribution >= 4 is 17.8 Å². The van der Waals surface area contributed by atoms with Crippen molar-refractivity contribution in [3.63, 3.8) is 0 Å². The molecule has 0 saturated carbocycles. The molecule has 1 aliphatic heterocycles. The highest BCUT2D eigenvalue weighted by Gasteiger charge is 2.32. The van der Waals surface area contributed by atoms with Crippen LogP contribution in [-0.2, 0) is 25.5 Å². The summed E-state index contributed by atoms with van der Waals surface area (Å²) in [5, 5.41) is 5.60. The molecule has 2 amide bonds. The van der Waals surface area contributed by atoms with Gasteiger partial charge in [0.1, 0.15) is 6.04 Å². The average Bonchev–Trinajstić information content (AvgIpc) is 2.59. The number of nitrogens with one attached hydrogen (secondary N) is 2. The number of ether oxygens (including phenoxy) is 1. The van der Waals surface area contributed by atoms with Crippen LogP contribution < -0.4 is 10.6 Å². The van der Waals surface area contributed by atoms with Crippen LogP contribution in [0.15, 0.2) is 24.3 Å². The highest BCUT2D eigenvalue weighted by molar-refractivity contribution is 5.88. The van der Waals surface area contributed by atoms with Crippen LogP contribution in [0.4, 0.5) is 0 Å². The molecule has 1 heterocycles. The number of benzene rings is 1. The number of rotatable bonds is 7. The predicted octanol–water partition coefficient (Wildman–Crippen LogP) is 0.0172. The molecule has 136 valence electrons. The number of hydrogen-bond donors (Lipinski definition) is 2. The van der Waals surface area contributed by atoms with Gasteiger partial charge in [0.05, 0.1) is 20.1 Å². The van der Waals surface area contributed by atoms with Crippen molar-refractivity contribution in [2.24, 2.45) is 0 Å². The number of piperazine rings is 1. The van der Waals surface area contributed by atoms with Crippen LogP contribution >= 0.6 is 0 Å². The summed E-state index contributed by atoms with van der Waals surface area (Å²) in [6, 6.07) is 7.39. The predicted molar refractivity (Wildman–Crippen MR) is 92.9 cm³/mol. The molecule has 1 aliphatic rings. The van der Waals surface area contributed by atoms with Crippen molar-refractivity contribution in [1.29, 1.82) is 0 Å². The van der Waals surface area contributed by atoms with E-state index in [1.165, 1.54) is 18.2 Å². The summed E-state index contributed by atoms with van der Waals surface area (Å²) in [5.41, 5.74) is 2.39. The fourth-order valence-corrected chi connectivity index (χ4v) is 2.88. The third kappa shape index (κ3) is 5.56. The fraction of sp³-hybridized carbons (Fsp3) is 0.500. The van der Waals surface area contributed by atoms with Crippen molar-refractivity contribution in [3.8, 4) is 0 Å². The Kier molecular flexibility index (Phi) is 6.94. The summed E-state index contributed by atoms with van der Waals surface area (Å²) in [6.07, 6.45) is 0.698. The van der Waals surface area contributed by atoms with Gasteiger partial charge in [-0.25, -0.2) is 0 Å². The zero-order valence-electron chi connectivity index (χ0n) is 14.7. The number of methoxy groups -OCH3 is 1. The molecule has 0 radical (unpaired) electrons. The Morgan fingerprint density at radius 2 is 2.12 bits per heavy atom. The van der Waals surface area contributed by atoms with Crippen LogP contribution in [0.1, 0.15) is 17.5 Å². The Morgan fingerprint density at radius 1 is 1.36 bits per heavy atom. The third-order valence-corrected chi connectivity index (χ3v) is 4.35. The van der Waals surface area contributed by atoms with Crippen molar-refractivity contribution < 1.29 is 19.1 Å². The molecule has 0 unspecified atom stereocenters. The standard InChI is InChI=1S/C18H25N3O4/c1-13-5-3-4-6-14(13)7-8-19-16(22)12-21-10-9-20-18(24)15(21)11-17(23)25-2/h3-6,15H,7-12H2,1-2H3,(H,19,22)(H,20,24)/t15-/m0/s1. The Hall–Kier alpha value is -2.41. The van der Waals surface area contributed by atoms with E-state index in [2.05, 4.69) is 15.4 Å². The molecule has 1 fully saturated rings. The number of esters is 1. The second-order valence-corrected chi connectivity index (χ2v) is 6.08. The van der Waals surface area contributed by atoms with Gasteiger partial charge < -0.3 is 15.4 Å². The van der Waals surface area contributed by atoms with Crippen molar-refractivity contribution in [1.82, 2.24) is 15.5 Å². The fourth-order valence-electron chi connectivity index (χ4n) is 2.88. The zero-order valence-corrected chi connectivity index (χ0v) is 14.7. The molecule has 0 spiro atoms. The minimum atomic E-state index is -0.664. The highest BCUT2D eigenvalue weighted by Crippen LogP contribution is 2.10. The summed E-state index contributed by atoms with van der Waals surface area (Å²) in [6.45, 7) is 3.65. The van der Waals surface area contributed by atoms with E-state index in [1.54, 1.807) is 4.90 Å². The van der Waals surface area contributed by atoms with Crippen molar-refractivity contribution in [2.45, 2.75) is 25.8 Å². The minimum Gasteiger partial charge on any atom is -0.469 e. The van der Waals surface area contributed by atoms with Gasteiger partial charge in [-0.2, -0.15) is 0 Å². The van der Waals surface area contributed by atoms with E-state index in [-0.39, 0.29) is 24.8 Å². The van der Waals surface area contributed by atoms with Crippen LogP contribution in [0.5, 0.6) is 0 Å². The SMILES string of the molecule is COC(=O)C[C@H]1C(=O)NCCN1CC(=O)NCCc1ccccc1C. The molecule has 2 rings (SSSR count). The molecule has 0 aliphatic carbocycles. The van der Waals surface area contributed by atoms with E-state index in [0.717, 1.165) is 6.42 Å². The first-order chi connectivity index (χ1) is 12.0. The minimum absolute atomic E-state index is 0.0567. The van der Waals surface area contributed by atoms with Gasteiger partial charge in [0.25, 0.3) is 0 Å². The Balaban J connectivity index is 1.84. The van der Waals surface area contributed by atoms with E-state index >= 15 is 0 Å². The molecule has 1 atom stereocenters. The normalized spacial score (nSPS) is 17.7. The van der Waals surface area contributed by atoms with Gasteiger partial charge in [0.2, 0.25) is 11.8 Å². The second-order valence-electron chi connectivity index (χ2n) is 6.08. The third-order valence-electron chi connectivity index (χ3n) is 4.35. The molecule has 0 bridgehead atoms. The highest BCUT2D eigenvalue weighted by atomic mass is 16.5. The zero-order chi connectivity index (χ0) is 18.2. The van der Waals surface area contributed by atoms with E-state index < -0.39 is 12.0 Å². The van der Waals surface area contributed by atoms with Gasteiger partial charge in [-0.1, -0.05) is 24.3 Å². The summed E-state index contributed by atoms with van der Waals surface area (Å²) in [5.74, 6) is -0.866.